The summed E-state index contributed by atoms with van der Waals surface area (Å²) < 4.78 is 10.2. The zero-order valence-corrected chi connectivity index (χ0v) is 12.6. The molecular formula is C15H17NO4S. The Kier molecular flexibility index (Phi) is 5.27. The smallest absolute Gasteiger partial charge is 0.303 e. The van der Waals surface area contributed by atoms with E-state index in [4.69, 9.17) is 21.7 Å². The third-order valence-corrected chi connectivity index (χ3v) is 3.49. The highest BCUT2D eigenvalue weighted by atomic mass is 32.1. The number of hydrogen-bond donors (Lipinski definition) is 0. The van der Waals surface area contributed by atoms with Gasteiger partial charge in [0.05, 0.1) is 6.54 Å². The molecule has 1 fully saturated rings. The van der Waals surface area contributed by atoms with Crippen molar-refractivity contribution in [2.45, 2.75) is 25.9 Å². The molecule has 2 rings (SSSR count). The van der Waals surface area contributed by atoms with Crippen LogP contribution < -0.4 is 0 Å². The quantitative estimate of drug-likeness (QED) is 0.612. The minimum absolute atomic E-state index is 0.150. The van der Waals surface area contributed by atoms with Gasteiger partial charge in [0, 0.05) is 6.92 Å². The van der Waals surface area contributed by atoms with E-state index in [0.717, 1.165) is 5.56 Å². The lowest BCUT2D eigenvalue weighted by atomic mass is 10.1. The van der Waals surface area contributed by atoms with Crippen LogP contribution in [0.3, 0.4) is 0 Å². The Morgan fingerprint density at radius 1 is 1.38 bits per heavy atom. The van der Waals surface area contributed by atoms with E-state index in [-0.39, 0.29) is 11.1 Å². The van der Waals surface area contributed by atoms with E-state index in [2.05, 4.69) is 0 Å². The van der Waals surface area contributed by atoms with Crippen molar-refractivity contribution in [3.8, 4) is 0 Å². The van der Waals surface area contributed by atoms with Gasteiger partial charge < -0.3 is 9.47 Å². The van der Waals surface area contributed by atoms with Gasteiger partial charge in [-0.2, -0.15) is 0 Å². The Hall–Kier alpha value is -1.95. The molecule has 0 N–H and O–H groups in total. The summed E-state index contributed by atoms with van der Waals surface area (Å²) in [7, 11) is 0. The van der Waals surface area contributed by atoms with E-state index >= 15 is 0 Å². The zero-order valence-electron chi connectivity index (χ0n) is 11.8. The summed E-state index contributed by atoms with van der Waals surface area (Å²) >= 11 is 4.97. The molecule has 0 spiro atoms. The van der Waals surface area contributed by atoms with Crippen molar-refractivity contribution < 1.29 is 19.1 Å². The van der Waals surface area contributed by atoms with Gasteiger partial charge >= 0.3 is 5.97 Å². The van der Waals surface area contributed by atoms with Crippen LogP contribution in [0.1, 0.15) is 18.9 Å². The van der Waals surface area contributed by atoms with Crippen LogP contribution in [0.15, 0.2) is 30.3 Å². The second-order valence-corrected chi connectivity index (χ2v) is 5.08. The van der Waals surface area contributed by atoms with Gasteiger partial charge in [-0.15, -0.1) is 0 Å². The first kappa shape index (κ1) is 15.4. The van der Waals surface area contributed by atoms with Crippen LogP contribution in [0.4, 0.5) is 0 Å². The predicted molar refractivity (Wildman–Crippen MR) is 80.6 cm³/mol. The predicted octanol–water partition coefficient (Wildman–Crippen LogP) is 1.69. The fourth-order valence-electron chi connectivity index (χ4n) is 2.14. The van der Waals surface area contributed by atoms with Crippen LogP contribution in [0.2, 0.25) is 0 Å². The molecule has 0 saturated carbocycles. The SMILES string of the molecule is CC(=O)OC(CCc1ccccc1)C(=O)N1CCOC1=S. The van der Waals surface area contributed by atoms with Gasteiger partial charge in [0.25, 0.3) is 11.1 Å². The molecule has 6 heteroatoms. The number of carbonyl (C=O) groups is 2. The molecule has 1 aromatic rings. The number of thiocarbonyl (C=S) groups is 1. The van der Waals surface area contributed by atoms with E-state index in [9.17, 15) is 9.59 Å². The van der Waals surface area contributed by atoms with Crippen molar-refractivity contribution in [2.24, 2.45) is 0 Å². The first-order chi connectivity index (χ1) is 10.1. The van der Waals surface area contributed by atoms with Gasteiger partial charge in [-0.3, -0.25) is 14.5 Å². The highest BCUT2D eigenvalue weighted by Gasteiger charge is 2.32. The number of carbonyl (C=O) groups excluding carboxylic acids is 2. The molecule has 1 unspecified atom stereocenters. The Morgan fingerprint density at radius 2 is 2.10 bits per heavy atom. The maximum Gasteiger partial charge on any atom is 0.303 e. The van der Waals surface area contributed by atoms with Crippen LogP contribution in [0.25, 0.3) is 0 Å². The summed E-state index contributed by atoms with van der Waals surface area (Å²) in [6, 6.07) is 9.73. The first-order valence-electron chi connectivity index (χ1n) is 6.77. The molecule has 1 atom stereocenters. The lowest BCUT2D eigenvalue weighted by Gasteiger charge is -2.21. The largest absolute Gasteiger partial charge is 0.469 e. The van der Waals surface area contributed by atoms with Crippen LogP contribution in [-0.4, -0.2) is 41.2 Å². The first-order valence-corrected chi connectivity index (χ1v) is 7.18. The molecular weight excluding hydrogens is 290 g/mol. The Labute approximate surface area is 128 Å². The van der Waals surface area contributed by atoms with Crippen LogP contribution in [0, 0.1) is 0 Å². The number of aryl methyl sites for hydroxylation is 1. The molecule has 0 bridgehead atoms. The third-order valence-electron chi connectivity index (χ3n) is 3.15. The van der Waals surface area contributed by atoms with Gasteiger partial charge in [-0.05, 0) is 30.6 Å². The number of nitrogens with zero attached hydrogens (tertiary/aromatic N) is 1. The van der Waals surface area contributed by atoms with E-state index < -0.39 is 12.1 Å². The second-order valence-electron chi connectivity index (χ2n) is 4.73. The van der Waals surface area contributed by atoms with Crippen molar-refractivity contribution in [1.29, 1.82) is 0 Å². The summed E-state index contributed by atoms with van der Waals surface area (Å²) in [5, 5.41) is 0.150. The molecule has 112 valence electrons. The van der Waals surface area contributed by atoms with E-state index in [0.29, 0.717) is 26.0 Å². The highest BCUT2D eigenvalue weighted by molar-refractivity contribution is 7.80. The lowest BCUT2D eigenvalue weighted by molar-refractivity contribution is -0.156. The summed E-state index contributed by atoms with van der Waals surface area (Å²) in [6.07, 6.45) is 0.232. The number of hydrogen-bond acceptors (Lipinski definition) is 5. The third kappa shape index (κ3) is 4.26. The molecule has 1 heterocycles. The van der Waals surface area contributed by atoms with Crippen molar-refractivity contribution >= 4 is 29.3 Å². The maximum atomic E-state index is 12.4. The molecule has 0 aliphatic carbocycles. The van der Waals surface area contributed by atoms with Gasteiger partial charge in [-0.1, -0.05) is 30.3 Å². The minimum atomic E-state index is -0.831. The summed E-state index contributed by atoms with van der Waals surface area (Å²) in [5.41, 5.74) is 1.09. The van der Waals surface area contributed by atoms with E-state index in [1.807, 2.05) is 30.3 Å². The molecule has 0 aromatic heterocycles. The standard InChI is InChI=1S/C15H17NO4S/c1-11(17)20-13(8-7-12-5-3-2-4-6-12)14(18)16-9-10-19-15(16)21/h2-6,13H,7-10H2,1H3. The number of rotatable bonds is 5. The van der Waals surface area contributed by atoms with Crippen LogP contribution in [0.5, 0.6) is 0 Å². The van der Waals surface area contributed by atoms with Gasteiger partial charge in [-0.25, -0.2) is 0 Å². The van der Waals surface area contributed by atoms with Gasteiger partial charge in [0.2, 0.25) is 0 Å². The topological polar surface area (TPSA) is 55.8 Å². The molecule has 0 radical (unpaired) electrons. The van der Waals surface area contributed by atoms with Crippen molar-refractivity contribution in [2.75, 3.05) is 13.2 Å². The van der Waals surface area contributed by atoms with Gasteiger partial charge in [0.15, 0.2) is 6.10 Å². The normalized spacial score (nSPS) is 15.5. The lowest BCUT2D eigenvalue weighted by Crippen LogP contribution is -2.41. The molecule has 5 nitrogen and oxygen atoms in total. The minimum Gasteiger partial charge on any atom is -0.469 e. The van der Waals surface area contributed by atoms with Crippen molar-refractivity contribution in [3.63, 3.8) is 0 Å². The molecule has 1 aromatic carbocycles. The number of amides is 1. The molecule has 1 aliphatic rings. The fraction of sp³-hybridized carbons (Fsp3) is 0.400. The zero-order chi connectivity index (χ0) is 15.2. The number of ether oxygens (including phenoxy) is 2. The highest BCUT2D eigenvalue weighted by Crippen LogP contribution is 2.14. The maximum absolute atomic E-state index is 12.4. The average molecular weight is 307 g/mol. The van der Waals surface area contributed by atoms with Crippen molar-refractivity contribution in [1.82, 2.24) is 4.90 Å². The number of benzene rings is 1. The Morgan fingerprint density at radius 3 is 2.67 bits per heavy atom. The summed E-state index contributed by atoms with van der Waals surface area (Å²) in [5.74, 6) is -0.795. The average Bonchev–Trinajstić information content (AvgIpc) is 2.89. The Bertz CT molecular complexity index is 532. The molecule has 1 amide bonds. The van der Waals surface area contributed by atoms with E-state index in [1.54, 1.807) is 0 Å². The van der Waals surface area contributed by atoms with Crippen molar-refractivity contribution in [3.05, 3.63) is 35.9 Å². The molecule has 21 heavy (non-hydrogen) atoms. The second kappa shape index (κ2) is 7.17. The van der Waals surface area contributed by atoms with Crippen LogP contribution >= 0.6 is 12.2 Å². The van der Waals surface area contributed by atoms with Crippen LogP contribution in [-0.2, 0) is 25.5 Å². The monoisotopic (exact) mass is 307 g/mol. The van der Waals surface area contributed by atoms with Gasteiger partial charge in [0.1, 0.15) is 6.61 Å². The molecule has 1 aliphatic heterocycles. The fourth-order valence-corrected chi connectivity index (χ4v) is 2.41. The summed E-state index contributed by atoms with van der Waals surface area (Å²) in [4.78, 5) is 25.0. The number of esters is 1. The molecule has 1 saturated heterocycles. The van der Waals surface area contributed by atoms with E-state index in [1.165, 1.54) is 11.8 Å². The summed E-state index contributed by atoms with van der Waals surface area (Å²) in [6.45, 7) is 2.08. The Balaban J connectivity index is 2.01.